The second-order valence-electron chi connectivity index (χ2n) is 7.70. The van der Waals surface area contributed by atoms with Crippen LogP contribution >= 0.6 is 0 Å². The summed E-state index contributed by atoms with van der Waals surface area (Å²) in [6, 6.07) is 4.27. The summed E-state index contributed by atoms with van der Waals surface area (Å²) in [4.78, 5) is 23.2. The Morgan fingerprint density at radius 2 is 1.94 bits per heavy atom. The lowest BCUT2D eigenvalue weighted by Crippen LogP contribution is -2.60. The van der Waals surface area contributed by atoms with E-state index in [1.807, 2.05) is 13.0 Å². The summed E-state index contributed by atoms with van der Waals surface area (Å²) in [5, 5.41) is 0.743. The minimum absolute atomic E-state index is 0.0133. The van der Waals surface area contributed by atoms with Gasteiger partial charge in [-0.1, -0.05) is 0 Å². The molecule has 0 bridgehead atoms. The summed E-state index contributed by atoms with van der Waals surface area (Å²) >= 11 is 0. The third-order valence-electron chi connectivity index (χ3n) is 5.60. The minimum Gasteiger partial charge on any atom is -0.344 e. The Labute approximate surface area is 182 Å². The maximum atomic E-state index is 13.9. The molecule has 0 spiro atoms. The fourth-order valence-electron chi connectivity index (χ4n) is 4.01. The molecular weight excluding hydrogens is 447 g/mol. The van der Waals surface area contributed by atoms with Crippen molar-refractivity contribution in [1.29, 1.82) is 0 Å². The first kappa shape index (κ1) is 22.3. The molecule has 3 aromatic rings. The molecule has 0 aliphatic carbocycles. The molecule has 12 heteroatoms. The van der Waals surface area contributed by atoms with Crippen LogP contribution in [0.25, 0.3) is 22.2 Å². The van der Waals surface area contributed by atoms with Crippen LogP contribution in [0.5, 0.6) is 0 Å². The number of aromatic nitrogens is 3. The van der Waals surface area contributed by atoms with E-state index in [1.54, 1.807) is 12.3 Å². The Balaban J connectivity index is 1.78. The fourth-order valence-corrected chi connectivity index (χ4v) is 5.10. The lowest BCUT2D eigenvalue weighted by Gasteiger charge is -2.42. The number of piperazine rings is 1. The van der Waals surface area contributed by atoms with Crippen molar-refractivity contribution in [2.45, 2.75) is 26.1 Å². The van der Waals surface area contributed by atoms with E-state index in [9.17, 15) is 26.4 Å². The number of rotatable bonds is 4. The number of H-pyrrole nitrogens is 2. The van der Waals surface area contributed by atoms with Crippen molar-refractivity contribution in [2.75, 3.05) is 30.3 Å². The van der Waals surface area contributed by atoms with Gasteiger partial charge in [-0.15, -0.1) is 0 Å². The van der Waals surface area contributed by atoms with E-state index in [4.69, 9.17) is 0 Å². The van der Waals surface area contributed by atoms with Crippen molar-refractivity contribution in [1.82, 2.24) is 19.3 Å². The van der Waals surface area contributed by atoms with Gasteiger partial charge in [-0.25, -0.2) is 13.4 Å². The molecule has 0 saturated carbocycles. The molecule has 1 saturated heterocycles. The van der Waals surface area contributed by atoms with Gasteiger partial charge in [-0.2, -0.15) is 17.5 Å². The van der Waals surface area contributed by atoms with E-state index in [-0.39, 0.29) is 24.7 Å². The molecule has 1 aliphatic heterocycles. The quantitative estimate of drug-likeness (QED) is 0.612. The lowest BCUT2D eigenvalue weighted by molar-refractivity contribution is -0.153. The summed E-state index contributed by atoms with van der Waals surface area (Å²) in [7, 11) is -3.78. The number of aryl methyl sites for hydroxylation is 1. The van der Waals surface area contributed by atoms with Gasteiger partial charge in [0.15, 0.2) is 0 Å². The zero-order valence-corrected chi connectivity index (χ0v) is 18.2. The van der Waals surface area contributed by atoms with Gasteiger partial charge in [-0.3, -0.25) is 4.79 Å². The molecule has 0 radical (unpaired) electrons. The number of hydrogen-bond donors (Lipinski definition) is 2. The number of anilines is 1. The zero-order chi connectivity index (χ0) is 23.3. The Kier molecular flexibility index (Phi) is 5.53. The normalized spacial score (nSPS) is 18.4. The van der Waals surface area contributed by atoms with Gasteiger partial charge >= 0.3 is 6.18 Å². The monoisotopic (exact) mass is 469 g/mol. The highest BCUT2D eigenvalue weighted by molar-refractivity contribution is 7.89. The summed E-state index contributed by atoms with van der Waals surface area (Å²) < 4.78 is 66.9. The number of nitrogens with zero attached hydrogens (tertiary/aromatic N) is 3. The highest BCUT2D eigenvalue weighted by Crippen LogP contribution is 2.34. The van der Waals surface area contributed by atoms with Gasteiger partial charge < -0.3 is 14.9 Å². The van der Waals surface area contributed by atoms with E-state index >= 15 is 0 Å². The second kappa shape index (κ2) is 7.93. The molecule has 1 unspecified atom stereocenters. The molecule has 1 aliphatic rings. The standard InChI is InChI=1S/C20H22F3N5O3S/c1-3-32(30,31)27-6-7-28(16(11-27)20(21,22)23)17-9-13(10-18(29)26-17)14-4-5-24-19-15(14)8-12(2)25-19/h4-5,8-10,16H,3,6-7,11H2,1-2H3,(H,24,25)(H,26,29). The van der Waals surface area contributed by atoms with Crippen LogP contribution in [0.4, 0.5) is 19.0 Å². The van der Waals surface area contributed by atoms with Crippen molar-refractivity contribution in [3.8, 4) is 11.1 Å². The third kappa shape index (κ3) is 4.11. The van der Waals surface area contributed by atoms with Crippen LogP contribution in [-0.2, 0) is 10.0 Å². The van der Waals surface area contributed by atoms with Crippen molar-refractivity contribution in [3.63, 3.8) is 0 Å². The molecule has 3 aromatic heterocycles. The average molecular weight is 469 g/mol. The minimum atomic E-state index is -4.70. The van der Waals surface area contributed by atoms with Gasteiger partial charge in [0.2, 0.25) is 15.6 Å². The Morgan fingerprint density at radius 3 is 2.62 bits per heavy atom. The molecular formula is C20H22F3N5O3S. The number of pyridine rings is 2. The van der Waals surface area contributed by atoms with Crippen LogP contribution in [0, 0.1) is 6.92 Å². The van der Waals surface area contributed by atoms with E-state index < -0.39 is 34.3 Å². The van der Waals surface area contributed by atoms with Crippen LogP contribution in [0.1, 0.15) is 12.6 Å². The maximum absolute atomic E-state index is 13.9. The van der Waals surface area contributed by atoms with Crippen molar-refractivity contribution < 1.29 is 21.6 Å². The highest BCUT2D eigenvalue weighted by Gasteiger charge is 2.48. The largest absolute Gasteiger partial charge is 0.410 e. The van der Waals surface area contributed by atoms with Crippen LogP contribution in [0.2, 0.25) is 0 Å². The van der Waals surface area contributed by atoms with Crippen LogP contribution < -0.4 is 10.5 Å². The van der Waals surface area contributed by atoms with Gasteiger partial charge in [0.05, 0.1) is 5.75 Å². The van der Waals surface area contributed by atoms with Gasteiger partial charge in [-0.05, 0) is 43.2 Å². The first-order chi connectivity index (χ1) is 15.0. The average Bonchev–Trinajstić information content (AvgIpc) is 3.12. The maximum Gasteiger partial charge on any atom is 0.410 e. The number of nitrogens with one attached hydrogen (secondary N) is 2. The number of hydrogen-bond acceptors (Lipinski definition) is 5. The number of aromatic amines is 2. The van der Waals surface area contributed by atoms with E-state index in [2.05, 4.69) is 15.0 Å². The first-order valence-corrected chi connectivity index (χ1v) is 11.6. The SMILES string of the molecule is CCS(=O)(=O)N1CCN(c2cc(-c3ccnc4[nH]c(C)cc34)cc(=O)[nH]2)C(C(F)(F)F)C1. The van der Waals surface area contributed by atoms with Gasteiger partial charge in [0.1, 0.15) is 17.5 Å². The molecule has 1 fully saturated rings. The Hall–Kier alpha value is -2.86. The third-order valence-corrected chi connectivity index (χ3v) is 7.44. The smallest absolute Gasteiger partial charge is 0.344 e. The molecule has 32 heavy (non-hydrogen) atoms. The van der Waals surface area contributed by atoms with E-state index in [1.165, 1.54) is 19.1 Å². The molecule has 2 N–H and O–H groups in total. The molecule has 8 nitrogen and oxygen atoms in total. The molecule has 4 rings (SSSR count). The topological polar surface area (TPSA) is 102 Å². The fraction of sp³-hybridized carbons (Fsp3) is 0.400. The van der Waals surface area contributed by atoms with Crippen molar-refractivity contribution in [2.24, 2.45) is 0 Å². The number of sulfonamides is 1. The summed E-state index contributed by atoms with van der Waals surface area (Å²) in [5.74, 6) is -0.293. The van der Waals surface area contributed by atoms with Crippen LogP contribution in [-0.4, -0.2) is 65.3 Å². The summed E-state index contributed by atoms with van der Waals surface area (Å²) in [6.45, 7) is 2.20. The predicted molar refractivity (Wildman–Crippen MR) is 115 cm³/mol. The number of fused-ring (bicyclic) bond motifs is 1. The van der Waals surface area contributed by atoms with Crippen LogP contribution in [0.3, 0.4) is 0 Å². The highest BCUT2D eigenvalue weighted by atomic mass is 32.2. The number of alkyl halides is 3. The predicted octanol–water partition coefficient (Wildman–Crippen LogP) is 2.63. The molecule has 0 aromatic carbocycles. The van der Waals surface area contributed by atoms with E-state index in [0.29, 0.717) is 16.8 Å². The summed E-state index contributed by atoms with van der Waals surface area (Å²) in [6.07, 6.45) is -3.14. The van der Waals surface area contributed by atoms with E-state index in [0.717, 1.165) is 20.3 Å². The van der Waals surface area contributed by atoms with Crippen molar-refractivity contribution >= 4 is 26.9 Å². The van der Waals surface area contributed by atoms with Crippen LogP contribution in [0.15, 0.2) is 35.3 Å². The first-order valence-electron chi connectivity index (χ1n) is 10.00. The molecule has 1 atom stereocenters. The van der Waals surface area contributed by atoms with Gasteiger partial charge in [0.25, 0.3) is 0 Å². The Bertz CT molecular complexity index is 1320. The second-order valence-corrected chi connectivity index (χ2v) is 9.96. The lowest BCUT2D eigenvalue weighted by atomic mass is 10.0. The Morgan fingerprint density at radius 1 is 1.19 bits per heavy atom. The molecule has 4 heterocycles. The van der Waals surface area contributed by atoms with Crippen molar-refractivity contribution in [3.05, 3.63) is 46.5 Å². The molecule has 172 valence electrons. The summed E-state index contributed by atoms with van der Waals surface area (Å²) in [5.41, 5.74) is 2.00. The number of halogens is 3. The van der Waals surface area contributed by atoms with Gasteiger partial charge in [0, 0.05) is 43.0 Å². The zero-order valence-electron chi connectivity index (χ0n) is 17.4. The molecule has 0 amide bonds.